The molecule has 1 heterocycles. The highest BCUT2D eigenvalue weighted by molar-refractivity contribution is 8.03. The Morgan fingerprint density at radius 1 is 1.18 bits per heavy atom. The molecule has 7 nitrogen and oxygen atoms in total. The van der Waals surface area contributed by atoms with Gasteiger partial charge in [-0.25, -0.2) is 8.42 Å². The molecule has 1 aliphatic heterocycles. The number of nitrogens with zero attached hydrogens (tertiary/aromatic N) is 1. The van der Waals surface area contributed by atoms with E-state index in [9.17, 15) is 18.3 Å². The topological polar surface area (TPSA) is 107 Å². The third-order valence-corrected chi connectivity index (χ3v) is 10.5. The Kier molecular flexibility index (Phi) is 11.8. The molecule has 0 fully saturated rings. The summed E-state index contributed by atoms with van der Waals surface area (Å²) in [6.45, 7) is 6.49. The molecule has 2 aromatic carbocycles. The molecule has 0 saturated heterocycles. The van der Waals surface area contributed by atoms with E-state index in [1.54, 1.807) is 12.1 Å². The van der Waals surface area contributed by atoms with Crippen LogP contribution in [0.2, 0.25) is 0 Å². The number of aryl methyl sites for hydroxylation is 2. The van der Waals surface area contributed by atoms with Gasteiger partial charge in [-0.15, -0.1) is 11.8 Å². The molecule has 0 amide bonds. The zero-order valence-electron chi connectivity index (χ0n) is 24.1. The molecule has 1 unspecified atom stereocenters. The number of sulfonamides is 1. The number of hydrogen-bond donors (Lipinski definition) is 3. The van der Waals surface area contributed by atoms with Crippen LogP contribution in [0.4, 0.5) is 0 Å². The summed E-state index contributed by atoms with van der Waals surface area (Å²) in [5.41, 5.74) is 3.35. The molecule has 3 rings (SSSR count). The van der Waals surface area contributed by atoms with Gasteiger partial charge in [-0.2, -0.15) is 4.31 Å². The van der Waals surface area contributed by atoms with Crippen LogP contribution in [0.1, 0.15) is 64.0 Å². The monoisotopic (exact) mass is 588 g/mol. The summed E-state index contributed by atoms with van der Waals surface area (Å²) < 4.78 is 28.2. The Morgan fingerprint density at radius 2 is 1.88 bits per heavy atom. The van der Waals surface area contributed by atoms with E-state index >= 15 is 0 Å². The predicted molar refractivity (Wildman–Crippen MR) is 164 cm³/mol. The van der Waals surface area contributed by atoms with Crippen molar-refractivity contribution in [2.75, 3.05) is 20.1 Å². The van der Waals surface area contributed by atoms with Gasteiger partial charge in [0.05, 0.1) is 11.0 Å². The quantitative estimate of drug-likeness (QED) is 0.239. The lowest BCUT2D eigenvalue weighted by Crippen LogP contribution is -2.46. The van der Waals surface area contributed by atoms with Crippen molar-refractivity contribution in [1.82, 2.24) is 9.62 Å². The lowest BCUT2D eigenvalue weighted by molar-refractivity contribution is -0.136. The van der Waals surface area contributed by atoms with Crippen LogP contribution in [0.15, 0.2) is 58.8 Å². The SMILES string of the molecule is CCc1cc(-c2ccc(CCC(=O)O)cc2)ccc1S(=O)(=O)N(C)C[C@H](O)CNC(C)(C)CCCC1CC=CS1. The van der Waals surface area contributed by atoms with Crippen LogP contribution in [-0.4, -0.2) is 65.9 Å². The van der Waals surface area contributed by atoms with E-state index in [1.165, 1.54) is 17.8 Å². The molecular weight excluding hydrogens is 544 g/mol. The van der Waals surface area contributed by atoms with E-state index in [4.69, 9.17) is 5.11 Å². The molecule has 220 valence electrons. The van der Waals surface area contributed by atoms with Crippen molar-refractivity contribution in [2.45, 2.75) is 87.5 Å². The molecule has 40 heavy (non-hydrogen) atoms. The number of aliphatic carboxylic acids is 1. The number of β-amino-alcohol motifs (C(OH)–C–C–N with tert-alkyl or cyclic N) is 1. The molecule has 9 heteroatoms. The molecule has 2 aromatic rings. The molecule has 0 spiro atoms. The van der Waals surface area contributed by atoms with Gasteiger partial charge in [-0.3, -0.25) is 4.79 Å². The van der Waals surface area contributed by atoms with E-state index in [0.717, 1.165) is 36.0 Å². The van der Waals surface area contributed by atoms with E-state index in [-0.39, 0.29) is 23.4 Å². The lowest BCUT2D eigenvalue weighted by atomic mass is 9.96. The maximum absolute atomic E-state index is 13.5. The fourth-order valence-corrected chi connectivity index (χ4v) is 7.35. The van der Waals surface area contributed by atoms with Crippen LogP contribution in [0.25, 0.3) is 11.1 Å². The van der Waals surface area contributed by atoms with Gasteiger partial charge in [0.15, 0.2) is 0 Å². The zero-order valence-corrected chi connectivity index (χ0v) is 25.7. The van der Waals surface area contributed by atoms with Crippen LogP contribution in [0, 0.1) is 0 Å². The second-order valence-electron chi connectivity index (χ2n) is 11.2. The molecule has 0 aromatic heterocycles. The third-order valence-electron chi connectivity index (χ3n) is 7.42. The van der Waals surface area contributed by atoms with E-state index < -0.39 is 22.1 Å². The van der Waals surface area contributed by atoms with Gasteiger partial charge >= 0.3 is 5.97 Å². The van der Waals surface area contributed by atoms with Crippen LogP contribution >= 0.6 is 11.8 Å². The van der Waals surface area contributed by atoms with Crippen LogP contribution in [0.3, 0.4) is 0 Å². The van der Waals surface area contributed by atoms with Gasteiger partial charge in [0.1, 0.15) is 0 Å². The Balaban J connectivity index is 1.58. The minimum atomic E-state index is -3.79. The fraction of sp³-hybridized carbons (Fsp3) is 0.516. The number of aliphatic hydroxyl groups excluding tert-OH is 1. The highest BCUT2D eigenvalue weighted by Gasteiger charge is 2.27. The Hall–Kier alpha value is -2.17. The number of allylic oxidation sites excluding steroid dienone is 1. The Labute approximate surface area is 244 Å². The first-order chi connectivity index (χ1) is 18.9. The molecule has 2 atom stereocenters. The van der Waals surface area contributed by atoms with Crippen LogP contribution in [-0.2, 0) is 27.7 Å². The molecule has 1 aliphatic rings. The number of likely N-dealkylation sites (N-methyl/N-ethyl adjacent to an activating group) is 1. The number of benzene rings is 2. The summed E-state index contributed by atoms with van der Waals surface area (Å²) in [6.07, 6.45) is 6.89. The smallest absolute Gasteiger partial charge is 0.303 e. The number of hydrogen-bond acceptors (Lipinski definition) is 6. The molecule has 0 bridgehead atoms. The van der Waals surface area contributed by atoms with Crippen molar-refractivity contribution < 1.29 is 23.4 Å². The van der Waals surface area contributed by atoms with Crippen molar-refractivity contribution in [2.24, 2.45) is 0 Å². The third kappa shape index (κ3) is 9.45. The zero-order chi connectivity index (χ0) is 29.3. The van der Waals surface area contributed by atoms with Crippen molar-refractivity contribution in [1.29, 1.82) is 0 Å². The first-order valence-electron chi connectivity index (χ1n) is 14.0. The molecule has 3 N–H and O–H groups in total. The summed E-state index contributed by atoms with van der Waals surface area (Å²) in [7, 11) is -2.28. The van der Waals surface area contributed by atoms with E-state index in [1.807, 2.05) is 49.0 Å². The van der Waals surface area contributed by atoms with Gasteiger partial charge in [-0.1, -0.05) is 49.8 Å². The largest absolute Gasteiger partial charge is 0.481 e. The van der Waals surface area contributed by atoms with Gasteiger partial charge < -0.3 is 15.5 Å². The van der Waals surface area contributed by atoms with E-state index in [2.05, 4.69) is 30.6 Å². The Morgan fingerprint density at radius 3 is 2.50 bits per heavy atom. The van der Waals surface area contributed by atoms with Crippen molar-refractivity contribution in [3.63, 3.8) is 0 Å². The summed E-state index contributed by atoms with van der Waals surface area (Å²) in [4.78, 5) is 11.1. The number of carboxylic acids is 1. The molecular formula is C31H44N2O5S2. The average molecular weight is 589 g/mol. The second-order valence-corrected chi connectivity index (χ2v) is 14.5. The number of thioether (sulfide) groups is 1. The van der Waals surface area contributed by atoms with Gasteiger partial charge in [0, 0.05) is 37.3 Å². The summed E-state index contributed by atoms with van der Waals surface area (Å²) in [6, 6.07) is 13.0. The highest BCUT2D eigenvalue weighted by atomic mass is 32.2. The van der Waals surface area contributed by atoms with Gasteiger partial charge in [-0.05, 0) is 85.7 Å². The first kappa shape index (κ1) is 32.3. The number of carbonyl (C=O) groups is 1. The number of rotatable bonds is 16. The number of nitrogens with one attached hydrogen (secondary N) is 1. The predicted octanol–water partition coefficient (Wildman–Crippen LogP) is 5.47. The van der Waals surface area contributed by atoms with Crippen molar-refractivity contribution >= 4 is 27.8 Å². The summed E-state index contributed by atoms with van der Waals surface area (Å²) in [5.74, 6) is -0.826. The normalized spacial score (nSPS) is 16.5. The standard InChI is InChI=1S/C31H44N2O5S2/c1-5-24-20-26(25-13-10-23(11-14-25)12-17-30(35)36)15-16-29(24)40(37,38)33(4)22-27(34)21-32-31(2,3)18-6-8-28-9-7-19-39-28/h7,10-11,13-16,19-20,27-28,32,34H,5-6,8-9,12,17-18,21-22H2,1-4H3,(H,35,36)/t27-,28?/m1/s1. The molecule has 0 saturated carbocycles. The maximum Gasteiger partial charge on any atom is 0.303 e. The average Bonchev–Trinajstić information content (AvgIpc) is 3.44. The summed E-state index contributed by atoms with van der Waals surface area (Å²) in [5, 5.41) is 25.9. The van der Waals surface area contributed by atoms with Crippen molar-refractivity contribution in [3.8, 4) is 11.1 Å². The minimum absolute atomic E-state index is 0.00148. The fourth-order valence-electron chi connectivity index (χ4n) is 4.90. The van der Waals surface area contributed by atoms with Crippen LogP contribution in [0.5, 0.6) is 0 Å². The maximum atomic E-state index is 13.5. The van der Waals surface area contributed by atoms with Gasteiger partial charge in [0.25, 0.3) is 0 Å². The number of aliphatic hydroxyl groups is 1. The second kappa shape index (κ2) is 14.6. The number of carboxylic acid groups (broad SMARTS) is 1. The van der Waals surface area contributed by atoms with Crippen molar-refractivity contribution in [3.05, 3.63) is 65.1 Å². The highest BCUT2D eigenvalue weighted by Crippen LogP contribution is 2.30. The summed E-state index contributed by atoms with van der Waals surface area (Å²) >= 11 is 1.90. The first-order valence-corrected chi connectivity index (χ1v) is 16.4. The molecule has 0 radical (unpaired) electrons. The van der Waals surface area contributed by atoms with E-state index in [0.29, 0.717) is 30.2 Å². The van der Waals surface area contributed by atoms with Crippen LogP contribution < -0.4 is 5.32 Å². The van der Waals surface area contributed by atoms with Gasteiger partial charge in [0.2, 0.25) is 10.0 Å². The minimum Gasteiger partial charge on any atom is -0.481 e. The molecule has 0 aliphatic carbocycles. The lowest BCUT2D eigenvalue weighted by Gasteiger charge is -2.29. The Bertz CT molecular complexity index is 1250.